The molecule has 0 aromatic heterocycles. The SMILES string of the molecule is ClC1CCCCC1NC1CCCCC1NC1CCCCC1Cl. The number of halogens is 2. The summed E-state index contributed by atoms with van der Waals surface area (Å²) in [5.74, 6) is 0. The molecule has 128 valence electrons. The summed E-state index contributed by atoms with van der Waals surface area (Å²) in [4.78, 5) is 0. The molecule has 3 saturated carbocycles. The van der Waals surface area contributed by atoms with E-state index in [0.717, 1.165) is 0 Å². The van der Waals surface area contributed by atoms with Crippen LogP contribution < -0.4 is 10.6 Å². The van der Waals surface area contributed by atoms with Gasteiger partial charge in [-0.05, 0) is 38.5 Å². The number of hydrogen-bond donors (Lipinski definition) is 2. The lowest BCUT2D eigenvalue weighted by Crippen LogP contribution is -2.58. The zero-order valence-electron chi connectivity index (χ0n) is 13.7. The average molecular weight is 347 g/mol. The molecule has 0 amide bonds. The van der Waals surface area contributed by atoms with E-state index >= 15 is 0 Å². The first kappa shape index (κ1) is 17.3. The van der Waals surface area contributed by atoms with Crippen LogP contribution in [0.3, 0.4) is 0 Å². The largest absolute Gasteiger partial charge is 0.308 e. The van der Waals surface area contributed by atoms with Crippen LogP contribution in [0.1, 0.15) is 77.0 Å². The van der Waals surface area contributed by atoms with Gasteiger partial charge in [-0.15, -0.1) is 23.2 Å². The summed E-state index contributed by atoms with van der Waals surface area (Å²) >= 11 is 13.1. The Morgan fingerprint density at radius 1 is 0.455 bits per heavy atom. The molecule has 6 unspecified atom stereocenters. The molecule has 0 heterocycles. The van der Waals surface area contributed by atoms with Crippen molar-refractivity contribution in [1.82, 2.24) is 10.6 Å². The second-order valence-electron chi connectivity index (χ2n) is 7.64. The Morgan fingerprint density at radius 3 is 1.14 bits per heavy atom. The van der Waals surface area contributed by atoms with E-state index in [2.05, 4.69) is 10.6 Å². The van der Waals surface area contributed by atoms with Crippen molar-refractivity contribution in [2.24, 2.45) is 0 Å². The first-order chi connectivity index (χ1) is 10.7. The van der Waals surface area contributed by atoms with Crippen LogP contribution in [0.5, 0.6) is 0 Å². The van der Waals surface area contributed by atoms with E-state index in [-0.39, 0.29) is 0 Å². The minimum atomic E-state index is 0.326. The number of nitrogens with one attached hydrogen (secondary N) is 2. The molecule has 4 heteroatoms. The van der Waals surface area contributed by atoms with Crippen LogP contribution in [0.2, 0.25) is 0 Å². The third-order valence-corrected chi connectivity index (χ3v) is 7.03. The minimum Gasteiger partial charge on any atom is -0.308 e. The third-order valence-electron chi connectivity index (χ3n) is 5.99. The van der Waals surface area contributed by atoms with Gasteiger partial charge in [0.05, 0.1) is 0 Å². The molecule has 0 aromatic rings. The van der Waals surface area contributed by atoms with Gasteiger partial charge in [0.1, 0.15) is 0 Å². The topological polar surface area (TPSA) is 24.1 Å². The van der Waals surface area contributed by atoms with Crippen molar-refractivity contribution in [3.63, 3.8) is 0 Å². The van der Waals surface area contributed by atoms with E-state index in [1.807, 2.05) is 0 Å². The molecule has 0 saturated heterocycles. The highest BCUT2D eigenvalue weighted by Gasteiger charge is 2.33. The summed E-state index contributed by atoms with van der Waals surface area (Å²) in [6, 6.07) is 2.20. The van der Waals surface area contributed by atoms with Gasteiger partial charge in [0.25, 0.3) is 0 Å². The first-order valence-electron chi connectivity index (χ1n) is 9.54. The van der Waals surface area contributed by atoms with Crippen LogP contribution >= 0.6 is 23.2 Å². The van der Waals surface area contributed by atoms with Crippen molar-refractivity contribution in [3.05, 3.63) is 0 Å². The summed E-state index contributed by atoms with van der Waals surface area (Å²) in [6.07, 6.45) is 15.4. The monoisotopic (exact) mass is 346 g/mol. The predicted octanol–water partition coefficient (Wildman–Crippen LogP) is 4.58. The van der Waals surface area contributed by atoms with Gasteiger partial charge < -0.3 is 10.6 Å². The normalized spacial score (nSPS) is 43.9. The van der Waals surface area contributed by atoms with Crippen LogP contribution in [-0.4, -0.2) is 34.9 Å². The maximum absolute atomic E-state index is 6.56. The average Bonchev–Trinajstić information content (AvgIpc) is 2.53. The van der Waals surface area contributed by atoms with Gasteiger partial charge in [0.2, 0.25) is 0 Å². The molecule has 2 N–H and O–H groups in total. The highest BCUT2D eigenvalue weighted by atomic mass is 35.5. The van der Waals surface area contributed by atoms with Crippen LogP contribution in [0, 0.1) is 0 Å². The van der Waals surface area contributed by atoms with Crippen molar-refractivity contribution >= 4 is 23.2 Å². The highest BCUT2D eigenvalue weighted by molar-refractivity contribution is 6.21. The summed E-state index contributed by atoms with van der Waals surface area (Å²) in [7, 11) is 0. The smallest absolute Gasteiger partial charge is 0.0489 e. The van der Waals surface area contributed by atoms with Gasteiger partial charge in [-0.25, -0.2) is 0 Å². The second-order valence-corrected chi connectivity index (χ2v) is 8.77. The quantitative estimate of drug-likeness (QED) is 0.728. The van der Waals surface area contributed by atoms with Crippen LogP contribution in [0.25, 0.3) is 0 Å². The van der Waals surface area contributed by atoms with Gasteiger partial charge in [-0.2, -0.15) is 0 Å². The summed E-state index contributed by atoms with van der Waals surface area (Å²) in [5, 5.41) is 8.50. The van der Waals surface area contributed by atoms with E-state index in [1.165, 1.54) is 77.0 Å². The van der Waals surface area contributed by atoms with E-state index in [9.17, 15) is 0 Å². The zero-order chi connectivity index (χ0) is 15.4. The van der Waals surface area contributed by atoms with E-state index in [1.54, 1.807) is 0 Å². The molecule has 0 spiro atoms. The predicted molar refractivity (Wildman–Crippen MR) is 96.1 cm³/mol. The lowest BCUT2D eigenvalue weighted by molar-refractivity contribution is 0.216. The molecule has 0 bridgehead atoms. The summed E-state index contributed by atoms with van der Waals surface area (Å²) in [6.45, 7) is 0. The van der Waals surface area contributed by atoms with Gasteiger partial charge in [0.15, 0.2) is 0 Å². The zero-order valence-corrected chi connectivity index (χ0v) is 15.2. The molecule has 2 nitrogen and oxygen atoms in total. The Kier molecular flexibility index (Phi) is 6.74. The summed E-state index contributed by atoms with van der Waals surface area (Å²) < 4.78 is 0. The van der Waals surface area contributed by atoms with Crippen molar-refractivity contribution < 1.29 is 0 Å². The molecule has 0 radical (unpaired) electrons. The molecule has 3 rings (SSSR count). The van der Waals surface area contributed by atoms with E-state index in [4.69, 9.17) is 23.2 Å². The van der Waals surface area contributed by atoms with Crippen LogP contribution in [0.4, 0.5) is 0 Å². The highest BCUT2D eigenvalue weighted by Crippen LogP contribution is 2.28. The Morgan fingerprint density at radius 2 is 0.773 bits per heavy atom. The minimum absolute atomic E-state index is 0.326. The fourth-order valence-electron chi connectivity index (χ4n) is 4.63. The fourth-order valence-corrected chi connectivity index (χ4v) is 5.33. The van der Waals surface area contributed by atoms with Gasteiger partial charge >= 0.3 is 0 Å². The van der Waals surface area contributed by atoms with Gasteiger partial charge in [-0.3, -0.25) is 0 Å². The molecule has 0 aromatic carbocycles. The van der Waals surface area contributed by atoms with Crippen molar-refractivity contribution in [2.75, 3.05) is 0 Å². The van der Waals surface area contributed by atoms with Crippen molar-refractivity contribution in [3.8, 4) is 0 Å². The number of hydrogen-bond acceptors (Lipinski definition) is 2. The molecular formula is C18H32Cl2N2. The Hall–Kier alpha value is 0.500. The third kappa shape index (κ3) is 4.53. The lowest BCUT2D eigenvalue weighted by atomic mass is 9.86. The Labute approximate surface area is 146 Å². The standard InChI is InChI=1S/C18H32Cl2N2/c19-13-7-1-3-9-15(13)21-17-11-5-6-12-18(17)22-16-10-4-2-8-14(16)20/h13-18,21-22H,1-12H2. The first-order valence-corrected chi connectivity index (χ1v) is 10.4. The second kappa shape index (κ2) is 8.55. The maximum Gasteiger partial charge on any atom is 0.0489 e. The molecule has 3 aliphatic carbocycles. The number of alkyl halides is 2. The Balaban J connectivity index is 1.56. The fraction of sp³-hybridized carbons (Fsp3) is 1.00. The van der Waals surface area contributed by atoms with Crippen molar-refractivity contribution in [2.45, 2.75) is 112 Å². The van der Waals surface area contributed by atoms with Crippen LogP contribution in [0.15, 0.2) is 0 Å². The lowest BCUT2D eigenvalue weighted by Gasteiger charge is -2.41. The van der Waals surface area contributed by atoms with E-state index < -0.39 is 0 Å². The maximum atomic E-state index is 6.56. The Bertz CT molecular complexity index is 307. The van der Waals surface area contributed by atoms with Crippen molar-refractivity contribution in [1.29, 1.82) is 0 Å². The molecule has 3 aliphatic rings. The molecule has 3 fully saturated rings. The van der Waals surface area contributed by atoms with Crippen LogP contribution in [-0.2, 0) is 0 Å². The molecular weight excluding hydrogens is 315 g/mol. The molecule has 0 aliphatic heterocycles. The summed E-state index contributed by atoms with van der Waals surface area (Å²) in [5.41, 5.74) is 0. The van der Waals surface area contributed by atoms with E-state index in [0.29, 0.717) is 34.9 Å². The van der Waals surface area contributed by atoms with Gasteiger partial charge in [-0.1, -0.05) is 38.5 Å². The van der Waals surface area contributed by atoms with Gasteiger partial charge in [0, 0.05) is 34.9 Å². The molecule has 6 atom stereocenters. The molecule has 22 heavy (non-hydrogen) atoms. The number of rotatable bonds is 4.